The Morgan fingerprint density at radius 2 is 1.95 bits per heavy atom. The lowest BCUT2D eigenvalue weighted by atomic mass is 10.0. The number of rotatable bonds is 6. The maximum absolute atomic E-state index is 11.0. The molecule has 0 radical (unpaired) electrons. The fraction of sp³-hybridized carbons (Fsp3) is 0.562. The Labute approximate surface area is 116 Å². The first-order chi connectivity index (χ1) is 9.13. The molecule has 0 unspecified atom stereocenters. The van der Waals surface area contributed by atoms with Crippen LogP contribution in [-0.2, 0) is 0 Å². The van der Waals surface area contributed by atoms with Crippen molar-refractivity contribution in [3.8, 4) is 0 Å². The van der Waals surface area contributed by atoms with Crippen LogP contribution < -0.4 is 5.32 Å². The molecule has 3 heteroatoms. The Bertz CT molecular complexity index is 427. The summed E-state index contributed by atoms with van der Waals surface area (Å²) in [6.45, 7) is 9.71. The number of hydrogen-bond acceptors (Lipinski definition) is 3. The minimum Gasteiger partial charge on any atom is -0.380 e. The molecule has 1 heterocycles. The molecule has 0 saturated carbocycles. The number of aldehydes is 1. The Morgan fingerprint density at radius 3 is 2.47 bits per heavy atom. The second kappa shape index (κ2) is 6.20. The molecule has 1 aromatic carbocycles. The molecule has 1 saturated heterocycles. The third-order valence-electron chi connectivity index (χ3n) is 3.87. The lowest BCUT2D eigenvalue weighted by Crippen LogP contribution is -2.54. The van der Waals surface area contributed by atoms with Crippen molar-refractivity contribution in [2.24, 2.45) is 0 Å². The Morgan fingerprint density at radius 1 is 1.32 bits per heavy atom. The number of carbonyl (C=O) groups excluding carboxylic acids is 1. The Balaban J connectivity index is 1.90. The second-order valence-corrected chi connectivity index (χ2v) is 5.60. The van der Waals surface area contributed by atoms with Gasteiger partial charge in [0.15, 0.2) is 6.29 Å². The van der Waals surface area contributed by atoms with Crippen LogP contribution in [0.4, 0.5) is 5.69 Å². The maximum Gasteiger partial charge on any atom is 0.150 e. The first-order valence-corrected chi connectivity index (χ1v) is 7.19. The fourth-order valence-corrected chi connectivity index (χ4v) is 2.71. The predicted molar refractivity (Wildman–Crippen MR) is 80.1 cm³/mol. The van der Waals surface area contributed by atoms with Crippen LogP contribution in [0.1, 0.15) is 41.3 Å². The molecule has 0 aromatic heterocycles. The first-order valence-electron chi connectivity index (χ1n) is 7.19. The standard InChI is InChI=1S/C16H24N2O/c1-4-5-6-18-9-15(10-18)17-14-7-12(2)16(11-19)13(3)8-14/h7-8,11,15,17H,4-6,9-10H2,1-3H3. The predicted octanol–water partition coefficient (Wildman–Crippen LogP) is 3.01. The average molecular weight is 260 g/mol. The molecular formula is C16H24N2O. The highest BCUT2D eigenvalue weighted by atomic mass is 16.1. The molecule has 19 heavy (non-hydrogen) atoms. The summed E-state index contributed by atoms with van der Waals surface area (Å²) in [4.78, 5) is 13.5. The number of unbranched alkanes of at least 4 members (excludes halogenated alkanes) is 1. The summed E-state index contributed by atoms with van der Waals surface area (Å²) in [6, 6.07) is 4.70. The number of likely N-dealkylation sites (tertiary alicyclic amines) is 1. The van der Waals surface area contributed by atoms with Crippen LogP contribution in [0.15, 0.2) is 12.1 Å². The van der Waals surface area contributed by atoms with Crippen LogP contribution in [-0.4, -0.2) is 36.9 Å². The first kappa shape index (κ1) is 14.1. The molecule has 0 spiro atoms. The van der Waals surface area contributed by atoms with Gasteiger partial charge in [-0.25, -0.2) is 0 Å². The summed E-state index contributed by atoms with van der Waals surface area (Å²) in [6.07, 6.45) is 3.50. The van der Waals surface area contributed by atoms with E-state index in [1.165, 1.54) is 19.4 Å². The zero-order valence-corrected chi connectivity index (χ0v) is 12.2. The SMILES string of the molecule is CCCCN1CC(Nc2cc(C)c(C=O)c(C)c2)C1. The van der Waals surface area contributed by atoms with Crippen molar-refractivity contribution in [3.63, 3.8) is 0 Å². The van der Waals surface area contributed by atoms with Gasteiger partial charge in [0, 0.05) is 24.3 Å². The number of benzene rings is 1. The van der Waals surface area contributed by atoms with E-state index in [1.54, 1.807) is 0 Å². The van der Waals surface area contributed by atoms with Gasteiger partial charge in [0.2, 0.25) is 0 Å². The van der Waals surface area contributed by atoms with Crippen LogP contribution in [0, 0.1) is 13.8 Å². The van der Waals surface area contributed by atoms with E-state index in [4.69, 9.17) is 0 Å². The summed E-state index contributed by atoms with van der Waals surface area (Å²) in [5, 5.41) is 3.56. The summed E-state index contributed by atoms with van der Waals surface area (Å²) < 4.78 is 0. The smallest absolute Gasteiger partial charge is 0.150 e. The number of nitrogens with zero attached hydrogens (tertiary/aromatic N) is 1. The molecule has 1 aromatic rings. The summed E-state index contributed by atoms with van der Waals surface area (Å²) in [5.41, 5.74) is 4.07. The van der Waals surface area contributed by atoms with E-state index in [0.29, 0.717) is 6.04 Å². The van der Waals surface area contributed by atoms with E-state index >= 15 is 0 Å². The molecule has 2 rings (SSSR count). The summed E-state index contributed by atoms with van der Waals surface area (Å²) in [5.74, 6) is 0. The van der Waals surface area contributed by atoms with E-state index < -0.39 is 0 Å². The number of hydrogen-bond donors (Lipinski definition) is 1. The maximum atomic E-state index is 11.0. The fourth-order valence-electron chi connectivity index (χ4n) is 2.71. The van der Waals surface area contributed by atoms with Crippen LogP contribution in [0.2, 0.25) is 0 Å². The van der Waals surface area contributed by atoms with Crippen LogP contribution in [0.5, 0.6) is 0 Å². The van der Waals surface area contributed by atoms with Crippen LogP contribution in [0.25, 0.3) is 0 Å². The van der Waals surface area contributed by atoms with E-state index in [2.05, 4.69) is 29.3 Å². The van der Waals surface area contributed by atoms with Gasteiger partial charge in [0.25, 0.3) is 0 Å². The van der Waals surface area contributed by atoms with Crippen molar-refractivity contribution in [2.45, 2.75) is 39.7 Å². The van der Waals surface area contributed by atoms with Gasteiger partial charge in [-0.2, -0.15) is 0 Å². The normalized spacial score (nSPS) is 16.2. The van der Waals surface area contributed by atoms with Crippen LogP contribution >= 0.6 is 0 Å². The second-order valence-electron chi connectivity index (χ2n) is 5.60. The van der Waals surface area contributed by atoms with E-state index in [1.807, 2.05) is 13.8 Å². The summed E-state index contributed by atoms with van der Waals surface area (Å²) >= 11 is 0. The Kier molecular flexibility index (Phi) is 4.59. The van der Waals surface area contributed by atoms with Gasteiger partial charge in [-0.1, -0.05) is 13.3 Å². The highest BCUT2D eigenvalue weighted by Crippen LogP contribution is 2.21. The quantitative estimate of drug-likeness (QED) is 0.798. The van der Waals surface area contributed by atoms with Crippen molar-refractivity contribution in [1.82, 2.24) is 4.90 Å². The molecule has 0 aliphatic carbocycles. The van der Waals surface area contributed by atoms with Gasteiger partial charge in [-0.05, 0) is 50.1 Å². The molecule has 1 N–H and O–H groups in total. The van der Waals surface area contributed by atoms with Crippen molar-refractivity contribution in [1.29, 1.82) is 0 Å². The third kappa shape index (κ3) is 3.35. The molecule has 1 aliphatic rings. The zero-order valence-electron chi connectivity index (χ0n) is 12.2. The molecule has 3 nitrogen and oxygen atoms in total. The lowest BCUT2D eigenvalue weighted by Gasteiger charge is -2.40. The average Bonchev–Trinajstić information content (AvgIpc) is 2.31. The van der Waals surface area contributed by atoms with Gasteiger partial charge in [-0.3, -0.25) is 9.69 Å². The molecular weight excluding hydrogens is 236 g/mol. The number of nitrogens with one attached hydrogen (secondary N) is 1. The van der Waals surface area contributed by atoms with Gasteiger partial charge in [-0.15, -0.1) is 0 Å². The molecule has 0 amide bonds. The minimum atomic E-state index is 0.553. The van der Waals surface area contributed by atoms with Gasteiger partial charge in [0.05, 0.1) is 6.04 Å². The molecule has 0 bridgehead atoms. The number of aryl methyl sites for hydroxylation is 2. The van der Waals surface area contributed by atoms with E-state index in [0.717, 1.165) is 41.8 Å². The lowest BCUT2D eigenvalue weighted by molar-refractivity contribution is 0.112. The largest absolute Gasteiger partial charge is 0.380 e. The zero-order chi connectivity index (χ0) is 13.8. The molecule has 0 atom stereocenters. The van der Waals surface area contributed by atoms with Crippen molar-refractivity contribution in [3.05, 3.63) is 28.8 Å². The van der Waals surface area contributed by atoms with Crippen molar-refractivity contribution in [2.75, 3.05) is 25.0 Å². The number of anilines is 1. The third-order valence-corrected chi connectivity index (χ3v) is 3.87. The minimum absolute atomic E-state index is 0.553. The van der Waals surface area contributed by atoms with Gasteiger partial charge < -0.3 is 5.32 Å². The highest BCUT2D eigenvalue weighted by Gasteiger charge is 2.25. The van der Waals surface area contributed by atoms with Crippen LogP contribution in [0.3, 0.4) is 0 Å². The molecule has 104 valence electrons. The molecule has 1 aliphatic heterocycles. The molecule has 1 fully saturated rings. The summed E-state index contributed by atoms with van der Waals surface area (Å²) in [7, 11) is 0. The van der Waals surface area contributed by atoms with Crippen molar-refractivity contribution >= 4 is 12.0 Å². The van der Waals surface area contributed by atoms with Gasteiger partial charge >= 0.3 is 0 Å². The van der Waals surface area contributed by atoms with Crippen molar-refractivity contribution < 1.29 is 4.79 Å². The number of carbonyl (C=O) groups is 1. The van der Waals surface area contributed by atoms with Gasteiger partial charge in [0.1, 0.15) is 0 Å². The van der Waals surface area contributed by atoms with E-state index in [9.17, 15) is 4.79 Å². The van der Waals surface area contributed by atoms with E-state index in [-0.39, 0.29) is 0 Å². The highest BCUT2D eigenvalue weighted by molar-refractivity contribution is 5.81. The topological polar surface area (TPSA) is 32.3 Å². The monoisotopic (exact) mass is 260 g/mol. The Hall–Kier alpha value is -1.35.